The maximum Gasteiger partial charge on any atom is 0.253 e. The van der Waals surface area contributed by atoms with Crippen LogP contribution in [0.4, 0.5) is 0 Å². The lowest BCUT2D eigenvalue weighted by molar-refractivity contribution is 0.0934. The molecule has 4 N–H and O–H groups in total. The van der Waals surface area contributed by atoms with Crippen LogP contribution in [-0.4, -0.2) is 28.5 Å². The van der Waals surface area contributed by atoms with E-state index in [1.54, 1.807) is 0 Å². The Morgan fingerprint density at radius 1 is 1.00 bits per heavy atom. The number of hydrogen-bond donors (Lipinski definition) is 4. The van der Waals surface area contributed by atoms with Gasteiger partial charge in [-0.1, -0.05) is 18.2 Å². The van der Waals surface area contributed by atoms with Gasteiger partial charge < -0.3 is 20.6 Å². The SMILES string of the molecule is O=C(NC1CCNC1c1cc2ccccc2[nH]c1=O)c1ccc2[nH]ccc2c1. The first-order valence-electron chi connectivity index (χ1n) is 9.42. The molecule has 1 aliphatic rings. The summed E-state index contributed by atoms with van der Waals surface area (Å²) in [5.74, 6) is -0.126. The summed E-state index contributed by atoms with van der Waals surface area (Å²) in [4.78, 5) is 31.5. The monoisotopic (exact) mass is 372 g/mol. The topological polar surface area (TPSA) is 89.8 Å². The molecule has 1 aliphatic heterocycles. The number of pyridine rings is 1. The molecule has 0 saturated carbocycles. The predicted molar refractivity (Wildman–Crippen MR) is 109 cm³/mol. The minimum atomic E-state index is -0.215. The van der Waals surface area contributed by atoms with Gasteiger partial charge in [0.25, 0.3) is 11.5 Å². The minimum Gasteiger partial charge on any atom is -0.361 e. The highest BCUT2D eigenvalue weighted by Gasteiger charge is 2.31. The summed E-state index contributed by atoms with van der Waals surface area (Å²) < 4.78 is 0. The Balaban J connectivity index is 1.43. The average molecular weight is 372 g/mol. The molecule has 2 atom stereocenters. The Hall–Kier alpha value is -3.38. The number of carbonyl (C=O) groups excluding carboxylic acids is 1. The molecule has 2 aromatic carbocycles. The molecular formula is C22H20N4O2. The number of H-pyrrole nitrogens is 2. The number of para-hydroxylation sites is 1. The highest BCUT2D eigenvalue weighted by Crippen LogP contribution is 2.24. The zero-order chi connectivity index (χ0) is 19.1. The Kier molecular flexibility index (Phi) is 3.98. The number of benzene rings is 2. The summed E-state index contributed by atoms with van der Waals surface area (Å²) in [5, 5.41) is 8.46. The Morgan fingerprint density at radius 2 is 1.86 bits per heavy atom. The minimum absolute atomic E-state index is 0.119. The number of rotatable bonds is 3. The van der Waals surface area contributed by atoms with E-state index in [-0.39, 0.29) is 23.6 Å². The first-order chi connectivity index (χ1) is 13.7. The molecule has 1 fully saturated rings. The molecule has 6 heteroatoms. The van der Waals surface area contributed by atoms with Gasteiger partial charge in [-0.05, 0) is 54.8 Å². The van der Waals surface area contributed by atoms with E-state index in [1.807, 2.05) is 60.8 Å². The van der Waals surface area contributed by atoms with Crippen molar-refractivity contribution in [1.29, 1.82) is 0 Å². The third kappa shape index (κ3) is 2.88. The molecule has 0 radical (unpaired) electrons. The number of nitrogens with one attached hydrogen (secondary N) is 4. The van der Waals surface area contributed by atoms with E-state index in [0.717, 1.165) is 34.8 Å². The maximum atomic E-state index is 12.8. The van der Waals surface area contributed by atoms with Gasteiger partial charge in [0.2, 0.25) is 0 Å². The molecule has 3 heterocycles. The van der Waals surface area contributed by atoms with Gasteiger partial charge in [0, 0.05) is 33.7 Å². The lowest BCUT2D eigenvalue weighted by Crippen LogP contribution is -2.40. The van der Waals surface area contributed by atoms with Gasteiger partial charge in [0.15, 0.2) is 0 Å². The van der Waals surface area contributed by atoms with Gasteiger partial charge in [-0.3, -0.25) is 9.59 Å². The van der Waals surface area contributed by atoms with E-state index in [9.17, 15) is 9.59 Å². The van der Waals surface area contributed by atoms with Crippen molar-refractivity contribution in [3.05, 3.63) is 82.3 Å². The van der Waals surface area contributed by atoms with E-state index < -0.39 is 0 Å². The first kappa shape index (κ1) is 16.8. The summed E-state index contributed by atoms with van der Waals surface area (Å²) in [7, 11) is 0. The van der Waals surface area contributed by atoms with Crippen molar-refractivity contribution in [2.24, 2.45) is 0 Å². The lowest BCUT2D eigenvalue weighted by Gasteiger charge is -2.21. The van der Waals surface area contributed by atoms with Crippen LogP contribution in [0.5, 0.6) is 0 Å². The number of aromatic amines is 2. The van der Waals surface area contributed by atoms with Crippen LogP contribution in [0.25, 0.3) is 21.8 Å². The van der Waals surface area contributed by atoms with Crippen molar-refractivity contribution >= 4 is 27.7 Å². The second-order valence-corrected chi connectivity index (χ2v) is 7.22. The summed E-state index contributed by atoms with van der Waals surface area (Å²) in [6, 6.07) is 16.8. The second kappa shape index (κ2) is 6.65. The quantitative estimate of drug-likeness (QED) is 0.446. The van der Waals surface area contributed by atoms with E-state index in [0.29, 0.717) is 11.1 Å². The number of fused-ring (bicyclic) bond motifs is 2. The van der Waals surface area contributed by atoms with Crippen molar-refractivity contribution in [1.82, 2.24) is 20.6 Å². The molecule has 1 amide bonds. The highest BCUT2D eigenvalue weighted by molar-refractivity contribution is 5.98. The molecule has 2 unspecified atom stereocenters. The van der Waals surface area contributed by atoms with Crippen molar-refractivity contribution in [3.63, 3.8) is 0 Å². The zero-order valence-corrected chi connectivity index (χ0v) is 15.2. The molecule has 1 saturated heterocycles. The van der Waals surface area contributed by atoms with Gasteiger partial charge in [-0.25, -0.2) is 0 Å². The highest BCUT2D eigenvalue weighted by atomic mass is 16.1. The van der Waals surface area contributed by atoms with Crippen molar-refractivity contribution in [2.45, 2.75) is 18.5 Å². The molecule has 0 bridgehead atoms. The Labute approximate surface area is 161 Å². The summed E-state index contributed by atoms with van der Waals surface area (Å²) in [5.41, 5.74) is 2.97. The lowest BCUT2D eigenvalue weighted by atomic mass is 10.00. The van der Waals surface area contributed by atoms with Crippen LogP contribution in [0, 0.1) is 0 Å². The third-order valence-electron chi connectivity index (χ3n) is 5.47. The molecule has 2 aromatic heterocycles. The number of amides is 1. The molecule has 0 spiro atoms. The third-order valence-corrected chi connectivity index (χ3v) is 5.47. The normalized spacial score (nSPS) is 19.3. The first-order valence-corrected chi connectivity index (χ1v) is 9.42. The second-order valence-electron chi connectivity index (χ2n) is 7.22. The molecule has 28 heavy (non-hydrogen) atoms. The maximum absolute atomic E-state index is 12.8. The summed E-state index contributed by atoms with van der Waals surface area (Å²) in [6.45, 7) is 0.749. The predicted octanol–water partition coefficient (Wildman–Crippen LogP) is 2.84. The van der Waals surface area contributed by atoms with Gasteiger partial charge in [0.05, 0.1) is 12.1 Å². The zero-order valence-electron chi connectivity index (χ0n) is 15.2. The molecule has 140 valence electrons. The van der Waals surface area contributed by atoms with Crippen LogP contribution in [0.3, 0.4) is 0 Å². The smallest absolute Gasteiger partial charge is 0.253 e. The Bertz CT molecular complexity index is 1240. The largest absolute Gasteiger partial charge is 0.361 e. The molecule has 0 aliphatic carbocycles. The van der Waals surface area contributed by atoms with Crippen molar-refractivity contribution in [2.75, 3.05) is 6.54 Å². The van der Waals surface area contributed by atoms with Crippen molar-refractivity contribution in [3.8, 4) is 0 Å². The van der Waals surface area contributed by atoms with Crippen LogP contribution in [0.15, 0.2) is 65.6 Å². The molecular weight excluding hydrogens is 352 g/mol. The standard InChI is InChI=1S/C22H20N4O2/c27-21(15-5-6-17-14(11-15)7-9-23-17)26-19-8-10-24-20(19)16-12-13-3-1-2-4-18(13)25-22(16)28/h1-7,9,11-12,19-20,23-24H,8,10H2,(H,25,28)(H,26,27). The summed E-state index contributed by atoms with van der Waals surface area (Å²) >= 11 is 0. The van der Waals surface area contributed by atoms with Gasteiger partial charge in [-0.2, -0.15) is 0 Å². The molecule has 5 rings (SSSR count). The summed E-state index contributed by atoms with van der Waals surface area (Å²) in [6.07, 6.45) is 2.63. The number of aromatic nitrogens is 2. The van der Waals surface area contributed by atoms with Gasteiger partial charge in [-0.15, -0.1) is 0 Å². The van der Waals surface area contributed by atoms with Crippen LogP contribution < -0.4 is 16.2 Å². The van der Waals surface area contributed by atoms with E-state index in [1.165, 1.54) is 0 Å². The van der Waals surface area contributed by atoms with Crippen LogP contribution >= 0.6 is 0 Å². The number of carbonyl (C=O) groups is 1. The molecule has 6 nitrogen and oxygen atoms in total. The van der Waals surface area contributed by atoms with Crippen LogP contribution in [0.1, 0.15) is 28.4 Å². The van der Waals surface area contributed by atoms with Gasteiger partial charge >= 0.3 is 0 Å². The number of hydrogen-bond acceptors (Lipinski definition) is 3. The molecule has 4 aromatic rings. The average Bonchev–Trinajstić information content (AvgIpc) is 3.36. The fraction of sp³-hybridized carbons (Fsp3) is 0.182. The Morgan fingerprint density at radius 3 is 2.79 bits per heavy atom. The fourth-order valence-corrected chi connectivity index (χ4v) is 4.03. The fourth-order valence-electron chi connectivity index (χ4n) is 4.03. The van der Waals surface area contributed by atoms with Crippen LogP contribution in [-0.2, 0) is 0 Å². The van der Waals surface area contributed by atoms with E-state index in [4.69, 9.17) is 0 Å². The van der Waals surface area contributed by atoms with Crippen molar-refractivity contribution < 1.29 is 4.79 Å². The van der Waals surface area contributed by atoms with Gasteiger partial charge in [0.1, 0.15) is 0 Å². The van der Waals surface area contributed by atoms with Crippen LogP contribution in [0.2, 0.25) is 0 Å². The van der Waals surface area contributed by atoms with E-state index in [2.05, 4.69) is 20.6 Å². The van der Waals surface area contributed by atoms with E-state index >= 15 is 0 Å².